The Balaban J connectivity index is 1.82. The van der Waals surface area contributed by atoms with Crippen LogP contribution in [0.25, 0.3) is 0 Å². The van der Waals surface area contributed by atoms with Crippen LogP contribution in [0, 0.1) is 0 Å². The Morgan fingerprint density at radius 3 is 2.88 bits per heavy atom. The van der Waals surface area contributed by atoms with Gasteiger partial charge in [0.15, 0.2) is 12.1 Å². The minimum Gasteiger partial charge on any atom is -0.389 e. The Bertz CT molecular complexity index is 332. The molecule has 0 aliphatic carbocycles. The fourth-order valence-corrected chi connectivity index (χ4v) is 3.08. The summed E-state index contributed by atoms with van der Waals surface area (Å²) in [6, 6.07) is 0.0646. The quantitative estimate of drug-likeness (QED) is 0.695. The van der Waals surface area contributed by atoms with Crippen LogP contribution in [0.4, 0.5) is 0 Å². The van der Waals surface area contributed by atoms with E-state index in [1.54, 1.807) is 0 Å². The number of ether oxygens (including phenoxy) is 3. The number of likely N-dealkylation sites (tertiary alicyclic amines) is 1. The number of hydrogen-bond acceptors (Lipinski definition) is 5. The molecular weight excluding hydrogens is 222 g/mol. The van der Waals surface area contributed by atoms with E-state index in [1.165, 1.54) is 0 Å². The molecule has 0 aromatic carbocycles. The molecule has 17 heavy (non-hydrogen) atoms. The molecule has 5 nitrogen and oxygen atoms in total. The van der Waals surface area contributed by atoms with Crippen LogP contribution < -0.4 is 0 Å². The van der Waals surface area contributed by atoms with Gasteiger partial charge in [-0.05, 0) is 13.8 Å². The predicted molar refractivity (Wildman–Crippen MR) is 60.3 cm³/mol. The number of rotatable bonds is 2. The second-order valence-electron chi connectivity index (χ2n) is 5.37. The van der Waals surface area contributed by atoms with Gasteiger partial charge in [0.25, 0.3) is 0 Å². The van der Waals surface area contributed by atoms with E-state index in [4.69, 9.17) is 14.2 Å². The van der Waals surface area contributed by atoms with Crippen molar-refractivity contribution in [2.45, 2.75) is 50.3 Å². The lowest BCUT2D eigenvalue weighted by Crippen LogP contribution is -2.43. The average molecular weight is 241 g/mol. The summed E-state index contributed by atoms with van der Waals surface area (Å²) in [6.07, 6.45) is 0.680. The molecule has 0 aromatic rings. The van der Waals surface area contributed by atoms with Crippen LogP contribution in [-0.2, 0) is 14.2 Å². The molecule has 96 valence electrons. The van der Waals surface area contributed by atoms with E-state index >= 15 is 0 Å². The number of aliphatic hydroxyl groups excluding tert-OH is 1. The second kappa shape index (κ2) is 3.76. The molecule has 0 aromatic heterocycles. The molecule has 0 unspecified atom stereocenters. The lowest BCUT2D eigenvalue weighted by Gasteiger charge is -2.26. The van der Waals surface area contributed by atoms with E-state index in [0.29, 0.717) is 6.54 Å². The highest BCUT2D eigenvalue weighted by Crippen LogP contribution is 2.42. The standard InChI is InChI=1S/C12H19NO4/c1-4-5-13-6-7(14)9-8(13)10-11(15-9)17-12(2,3)16-10/h4,7-11,14H,1,5-6H2,2-3H3/t7-,8+,9-,10-,11-/m1/s1. The van der Waals surface area contributed by atoms with E-state index in [1.807, 2.05) is 19.9 Å². The summed E-state index contributed by atoms with van der Waals surface area (Å²) < 4.78 is 17.3. The molecule has 1 N–H and O–H groups in total. The van der Waals surface area contributed by atoms with Crippen molar-refractivity contribution >= 4 is 0 Å². The minimum atomic E-state index is -0.603. The van der Waals surface area contributed by atoms with Gasteiger partial charge in [0.2, 0.25) is 0 Å². The van der Waals surface area contributed by atoms with Crippen molar-refractivity contribution in [3.8, 4) is 0 Å². The third-order valence-electron chi connectivity index (χ3n) is 3.64. The SMILES string of the molecule is C=CCN1C[C@@H](O)[C@H]2O[C@@H]3OC(C)(C)O[C@@H]3[C@H]21. The summed E-state index contributed by atoms with van der Waals surface area (Å²) in [5, 5.41) is 9.97. The third-order valence-corrected chi connectivity index (χ3v) is 3.64. The first kappa shape index (κ1) is 11.6. The normalized spacial score (nSPS) is 48.1. The van der Waals surface area contributed by atoms with Gasteiger partial charge in [-0.1, -0.05) is 6.08 Å². The highest BCUT2D eigenvalue weighted by molar-refractivity contribution is 5.07. The molecule has 5 heteroatoms. The van der Waals surface area contributed by atoms with Crippen LogP contribution >= 0.6 is 0 Å². The monoisotopic (exact) mass is 241 g/mol. The molecule has 0 amide bonds. The first-order chi connectivity index (χ1) is 8.02. The molecular formula is C12H19NO4. The van der Waals surface area contributed by atoms with Crippen LogP contribution in [0.15, 0.2) is 12.7 Å². The van der Waals surface area contributed by atoms with E-state index in [0.717, 1.165) is 6.54 Å². The van der Waals surface area contributed by atoms with Crippen molar-refractivity contribution in [1.82, 2.24) is 4.90 Å². The summed E-state index contributed by atoms with van der Waals surface area (Å²) in [4.78, 5) is 2.15. The maximum Gasteiger partial charge on any atom is 0.189 e. The highest BCUT2D eigenvalue weighted by Gasteiger charge is 2.60. The van der Waals surface area contributed by atoms with Gasteiger partial charge in [-0.15, -0.1) is 6.58 Å². The highest BCUT2D eigenvalue weighted by atomic mass is 16.8. The molecule has 3 heterocycles. The summed E-state index contributed by atoms with van der Waals surface area (Å²) in [7, 11) is 0. The molecule has 3 aliphatic rings. The lowest BCUT2D eigenvalue weighted by molar-refractivity contribution is -0.212. The number of aliphatic hydroxyl groups is 1. The number of β-amino-alcohol motifs (C(OH)–C–C–N with tert-alkyl or cyclic N) is 1. The first-order valence-electron chi connectivity index (χ1n) is 6.06. The van der Waals surface area contributed by atoms with E-state index in [-0.39, 0.29) is 24.5 Å². The molecule has 5 atom stereocenters. The van der Waals surface area contributed by atoms with Crippen molar-refractivity contribution in [3.63, 3.8) is 0 Å². The van der Waals surface area contributed by atoms with Gasteiger partial charge >= 0.3 is 0 Å². The molecule has 0 saturated carbocycles. The molecule has 3 rings (SSSR count). The fraction of sp³-hybridized carbons (Fsp3) is 0.833. The number of hydrogen-bond donors (Lipinski definition) is 1. The zero-order valence-electron chi connectivity index (χ0n) is 10.2. The van der Waals surface area contributed by atoms with Crippen molar-refractivity contribution < 1.29 is 19.3 Å². The van der Waals surface area contributed by atoms with Crippen LogP contribution in [0.1, 0.15) is 13.8 Å². The van der Waals surface area contributed by atoms with Crippen molar-refractivity contribution in [1.29, 1.82) is 0 Å². The Morgan fingerprint density at radius 1 is 1.41 bits per heavy atom. The number of fused-ring (bicyclic) bond motifs is 3. The Kier molecular flexibility index (Phi) is 2.57. The lowest BCUT2D eigenvalue weighted by atomic mass is 10.1. The second-order valence-corrected chi connectivity index (χ2v) is 5.37. The minimum absolute atomic E-state index is 0.0646. The third kappa shape index (κ3) is 1.73. The van der Waals surface area contributed by atoms with Crippen LogP contribution in [0.3, 0.4) is 0 Å². The van der Waals surface area contributed by atoms with Gasteiger partial charge < -0.3 is 19.3 Å². The van der Waals surface area contributed by atoms with E-state index in [2.05, 4.69) is 11.5 Å². The number of nitrogens with zero attached hydrogens (tertiary/aromatic N) is 1. The zero-order chi connectivity index (χ0) is 12.2. The van der Waals surface area contributed by atoms with Crippen molar-refractivity contribution in [2.75, 3.05) is 13.1 Å². The molecule has 0 bridgehead atoms. The first-order valence-corrected chi connectivity index (χ1v) is 6.06. The van der Waals surface area contributed by atoms with E-state index in [9.17, 15) is 5.11 Å². The van der Waals surface area contributed by atoms with Crippen LogP contribution in [0.2, 0.25) is 0 Å². The maximum absolute atomic E-state index is 9.97. The zero-order valence-corrected chi connectivity index (χ0v) is 10.2. The Hall–Kier alpha value is -0.460. The van der Waals surface area contributed by atoms with Gasteiger partial charge in [-0.25, -0.2) is 0 Å². The van der Waals surface area contributed by atoms with Crippen LogP contribution in [0.5, 0.6) is 0 Å². The molecule has 0 radical (unpaired) electrons. The topological polar surface area (TPSA) is 51.2 Å². The van der Waals surface area contributed by atoms with Gasteiger partial charge in [0, 0.05) is 13.1 Å². The van der Waals surface area contributed by atoms with E-state index < -0.39 is 11.9 Å². The molecule has 3 fully saturated rings. The Morgan fingerprint density at radius 2 is 2.18 bits per heavy atom. The molecule has 3 saturated heterocycles. The smallest absolute Gasteiger partial charge is 0.189 e. The summed E-state index contributed by atoms with van der Waals surface area (Å²) >= 11 is 0. The summed E-state index contributed by atoms with van der Waals surface area (Å²) in [6.45, 7) is 8.84. The summed E-state index contributed by atoms with van der Waals surface area (Å²) in [5.41, 5.74) is 0. The Labute approximate surface area is 101 Å². The van der Waals surface area contributed by atoms with Gasteiger partial charge in [-0.2, -0.15) is 0 Å². The van der Waals surface area contributed by atoms with Gasteiger partial charge in [0.05, 0.1) is 12.1 Å². The van der Waals surface area contributed by atoms with Crippen molar-refractivity contribution in [2.24, 2.45) is 0 Å². The largest absolute Gasteiger partial charge is 0.389 e. The predicted octanol–water partition coefficient (Wildman–Crippen LogP) is 0.0939. The maximum atomic E-state index is 9.97. The van der Waals surface area contributed by atoms with Gasteiger partial charge in [-0.3, -0.25) is 4.90 Å². The molecule has 3 aliphatic heterocycles. The fourth-order valence-electron chi connectivity index (χ4n) is 3.08. The van der Waals surface area contributed by atoms with Gasteiger partial charge in [0.1, 0.15) is 12.2 Å². The average Bonchev–Trinajstić information content (AvgIpc) is 2.77. The summed E-state index contributed by atoms with van der Waals surface area (Å²) in [5.74, 6) is -0.603. The molecule has 0 spiro atoms. The van der Waals surface area contributed by atoms with Crippen molar-refractivity contribution in [3.05, 3.63) is 12.7 Å². The van der Waals surface area contributed by atoms with Crippen LogP contribution in [-0.4, -0.2) is 59.5 Å².